The summed E-state index contributed by atoms with van der Waals surface area (Å²) in [6, 6.07) is 15.4. The predicted octanol–water partition coefficient (Wildman–Crippen LogP) is 1.67. The first kappa shape index (κ1) is 22.9. The zero-order valence-electron chi connectivity index (χ0n) is 17.6. The first-order valence-electron chi connectivity index (χ1n) is 10.5. The Labute approximate surface area is 182 Å². The van der Waals surface area contributed by atoms with Gasteiger partial charge in [-0.2, -0.15) is 0 Å². The molecule has 1 unspecified atom stereocenters. The zero-order chi connectivity index (χ0) is 22.5. The van der Waals surface area contributed by atoms with Crippen LogP contribution in [0.1, 0.15) is 43.4 Å². The topological polar surface area (TPSA) is 125 Å². The predicted molar refractivity (Wildman–Crippen MR) is 118 cm³/mol. The van der Waals surface area contributed by atoms with E-state index >= 15 is 0 Å². The minimum atomic E-state index is -1.72. The molecule has 164 valence electrons. The van der Waals surface area contributed by atoms with Gasteiger partial charge in [0, 0.05) is 4.92 Å². The van der Waals surface area contributed by atoms with Gasteiger partial charge in [0.05, 0.1) is 11.9 Å². The molecule has 0 aromatic heterocycles. The normalized spacial score (nSPS) is 24.0. The maximum absolute atomic E-state index is 13.3. The molecule has 1 amide bonds. The number of benzene rings is 2. The van der Waals surface area contributed by atoms with Crippen LogP contribution in [0.4, 0.5) is 0 Å². The lowest BCUT2D eigenvalue weighted by molar-refractivity contribution is -0.527. The van der Waals surface area contributed by atoms with Crippen molar-refractivity contribution in [3.63, 3.8) is 0 Å². The molecule has 1 aliphatic rings. The number of nitrogens with one attached hydrogen (secondary N) is 2. The van der Waals surface area contributed by atoms with Gasteiger partial charge in [-0.05, 0) is 23.5 Å². The third-order valence-corrected chi connectivity index (χ3v) is 5.71. The Kier molecular flexibility index (Phi) is 7.43. The van der Waals surface area contributed by atoms with Crippen LogP contribution in [0, 0.1) is 16.0 Å². The molecule has 1 saturated heterocycles. The molecule has 31 heavy (non-hydrogen) atoms. The second kappa shape index (κ2) is 10.0. The van der Waals surface area contributed by atoms with Crippen molar-refractivity contribution in [2.24, 2.45) is 5.92 Å². The lowest BCUT2D eigenvalue weighted by Gasteiger charge is -2.24. The second-order valence-electron chi connectivity index (χ2n) is 8.40. The Morgan fingerprint density at radius 3 is 2.13 bits per heavy atom. The molecule has 0 radical (unpaired) electrons. The van der Waals surface area contributed by atoms with E-state index in [1.54, 1.807) is 48.5 Å². The van der Waals surface area contributed by atoms with Gasteiger partial charge < -0.3 is 15.4 Å². The molecule has 8 nitrogen and oxygen atoms in total. The molecule has 2 aromatic carbocycles. The van der Waals surface area contributed by atoms with Crippen LogP contribution in [0.2, 0.25) is 0 Å². The van der Waals surface area contributed by atoms with Gasteiger partial charge in [-0.15, -0.1) is 0 Å². The fourth-order valence-corrected chi connectivity index (χ4v) is 4.35. The lowest BCUT2D eigenvalue weighted by atomic mass is 9.74. The van der Waals surface area contributed by atoms with Gasteiger partial charge in [0.15, 0.2) is 0 Å². The minimum Gasteiger partial charge on any atom is -0.426 e. The molecule has 0 bridgehead atoms. The Hall–Kier alpha value is -2.75. The fourth-order valence-electron chi connectivity index (χ4n) is 4.35. The highest BCUT2D eigenvalue weighted by Gasteiger charge is 2.54. The number of carbonyl (C=O) groups excluding carboxylic acids is 1. The molecule has 1 aliphatic heterocycles. The number of rotatable bonds is 8. The van der Waals surface area contributed by atoms with Crippen molar-refractivity contribution in [3.8, 4) is 0 Å². The summed E-state index contributed by atoms with van der Waals surface area (Å²) in [5, 5.41) is 37.5. The highest BCUT2D eigenvalue weighted by atomic mass is 16.6. The maximum atomic E-state index is 13.3. The maximum Gasteiger partial charge on any atom is 0.475 e. The van der Waals surface area contributed by atoms with Crippen LogP contribution in [0.3, 0.4) is 0 Å². The van der Waals surface area contributed by atoms with E-state index in [9.17, 15) is 25.0 Å². The molecular weight excluding hydrogens is 397 g/mol. The quantitative estimate of drug-likeness (QED) is 0.290. The van der Waals surface area contributed by atoms with E-state index in [0.717, 1.165) is 5.56 Å². The van der Waals surface area contributed by atoms with Crippen LogP contribution in [-0.4, -0.2) is 46.0 Å². The highest BCUT2D eigenvalue weighted by molar-refractivity contribution is 6.43. The van der Waals surface area contributed by atoms with Gasteiger partial charge in [-0.25, -0.2) is 0 Å². The van der Waals surface area contributed by atoms with Gasteiger partial charge in [-0.3, -0.25) is 20.2 Å². The number of nitrogens with zero attached hydrogens (tertiary/aromatic N) is 1. The van der Waals surface area contributed by atoms with Crippen molar-refractivity contribution in [1.82, 2.24) is 10.6 Å². The average molecular weight is 425 g/mol. The molecule has 3 rings (SSSR count). The van der Waals surface area contributed by atoms with E-state index in [0.29, 0.717) is 12.0 Å². The molecule has 0 spiro atoms. The number of amides is 1. The van der Waals surface area contributed by atoms with E-state index in [-0.39, 0.29) is 10.8 Å². The van der Waals surface area contributed by atoms with Crippen LogP contribution in [0.15, 0.2) is 60.7 Å². The molecule has 4 N–H and O–H groups in total. The van der Waals surface area contributed by atoms with Crippen LogP contribution < -0.4 is 10.6 Å². The molecular formula is C22H28BN3O5. The van der Waals surface area contributed by atoms with Crippen LogP contribution in [-0.2, 0) is 4.79 Å². The van der Waals surface area contributed by atoms with E-state index in [1.807, 2.05) is 26.0 Å². The number of hydrogen-bond acceptors (Lipinski definition) is 6. The van der Waals surface area contributed by atoms with Gasteiger partial charge in [0.1, 0.15) is 12.1 Å². The van der Waals surface area contributed by atoms with Gasteiger partial charge in [-0.1, -0.05) is 74.5 Å². The first-order valence-corrected chi connectivity index (χ1v) is 10.5. The Morgan fingerprint density at radius 1 is 1.10 bits per heavy atom. The molecule has 9 heteroatoms. The Balaban J connectivity index is 1.98. The summed E-state index contributed by atoms with van der Waals surface area (Å²) < 4.78 is 0. The fraction of sp³-hybridized carbons (Fsp3) is 0.409. The van der Waals surface area contributed by atoms with Gasteiger partial charge >= 0.3 is 7.12 Å². The summed E-state index contributed by atoms with van der Waals surface area (Å²) in [6.45, 7) is 3.83. The molecule has 0 aliphatic carbocycles. The molecule has 2 aromatic rings. The highest BCUT2D eigenvalue weighted by Crippen LogP contribution is 2.40. The largest absolute Gasteiger partial charge is 0.475 e. The van der Waals surface area contributed by atoms with Crippen LogP contribution in [0.25, 0.3) is 0 Å². The lowest BCUT2D eigenvalue weighted by Crippen LogP contribution is -2.53. The van der Waals surface area contributed by atoms with Crippen LogP contribution >= 0.6 is 0 Å². The van der Waals surface area contributed by atoms with Gasteiger partial charge in [0.25, 0.3) is 0 Å². The standard InChI is InChI=1S/C22H28BN3O5/c1-14(2)13-17(23(28)29)24-22(27)20-18(15-9-5-3-6-10-15)21(26(30)31)19(25-20)16-11-7-4-8-12-16/h3-12,14,17-21,25,28-29H,13H2,1-2H3,(H,24,27)/t17?,18-,19+,20+,21+/m1/s1. The summed E-state index contributed by atoms with van der Waals surface area (Å²) in [6.07, 6.45) is 0.368. The van der Waals surface area contributed by atoms with Crippen molar-refractivity contribution in [3.05, 3.63) is 81.9 Å². The first-order chi connectivity index (χ1) is 14.8. The van der Waals surface area contributed by atoms with E-state index < -0.39 is 43.0 Å². The van der Waals surface area contributed by atoms with Crippen molar-refractivity contribution in [1.29, 1.82) is 0 Å². The third-order valence-electron chi connectivity index (χ3n) is 5.71. The van der Waals surface area contributed by atoms with E-state index in [2.05, 4.69) is 10.6 Å². The minimum absolute atomic E-state index is 0.122. The smallest absolute Gasteiger partial charge is 0.426 e. The van der Waals surface area contributed by atoms with Crippen molar-refractivity contribution in [2.45, 2.75) is 50.3 Å². The number of hydrogen-bond donors (Lipinski definition) is 4. The third kappa shape index (κ3) is 5.30. The van der Waals surface area contributed by atoms with E-state index in [4.69, 9.17) is 0 Å². The Morgan fingerprint density at radius 2 is 1.65 bits per heavy atom. The van der Waals surface area contributed by atoms with Crippen molar-refractivity contribution in [2.75, 3.05) is 0 Å². The second-order valence-corrected chi connectivity index (χ2v) is 8.40. The molecule has 0 saturated carbocycles. The summed E-state index contributed by atoms with van der Waals surface area (Å²) in [5.41, 5.74) is 1.40. The Bertz CT molecular complexity index is 881. The molecule has 5 atom stereocenters. The average Bonchev–Trinajstić information content (AvgIpc) is 3.15. The number of carbonyl (C=O) groups is 1. The molecule has 1 heterocycles. The van der Waals surface area contributed by atoms with E-state index in [1.165, 1.54) is 0 Å². The summed E-state index contributed by atoms with van der Waals surface area (Å²) in [4.78, 5) is 25.1. The summed E-state index contributed by atoms with van der Waals surface area (Å²) in [7, 11) is -1.72. The monoisotopic (exact) mass is 425 g/mol. The zero-order valence-corrected chi connectivity index (χ0v) is 17.6. The summed E-state index contributed by atoms with van der Waals surface area (Å²) >= 11 is 0. The summed E-state index contributed by atoms with van der Waals surface area (Å²) in [5.74, 6) is -1.96. The SMILES string of the molecule is CC(C)CC(NC(=O)[C@H]1N[C@@H](c2ccccc2)[C@@H]([N+](=O)[O-])[C@@H]1c1ccccc1)B(O)O. The van der Waals surface area contributed by atoms with Crippen LogP contribution in [0.5, 0.6) is 0 Å². The molecule has 1 fully saturated rings. The van der Waals surface area contributed by atoms with Gasteiger partial charge in [0.2, 0.25) is 11.9 Å². The number of nitro groups is 1. The van der Waals surface area contributed by atoms with Crippen molar-refractivity contribution < 1.29 is 19.8 Å². The van der Waals surface area contributed by atoms with Crippen molar-refractivity contribution >= 4 is 13.0 Å².